The monoisotopic (exact) mass is 477 g/mol. The molecule has 1 amide bonds. The number of rotatable bonds is 5. The van der Waals surface area contributed by atoms with E-state index in [9.17, 15) is 27.5 Å². The number of carbonyl (C=O) groups excluding carboxylic acids is 1. The molecule has 5 rings (SSSR count). The molecule has 2 saturated heterocycles. The van der Waals surface area contributed by atoms with Crippen LogP contribution in [0.25, 0.3) is 16.6 Å². The summed E-state index contributed by atoms with van der Waals surface area (Å²) in [4.78, 5) is 19.6. The van der Waals surface area contributed by atoms with Crippen molar-refractivity contribution < 1.29 is 32.2 Å². The summed E-state index contributed by atoms with van der Waals surface area (Å²) in [6, 6.07) is 7.03. The lowest BCUT2D eigenvalue weighted by Crippen LogP contribution is -2.51. The van der Waals surface area contributed by atoms with Gasteiger partial charge in [0.1, 0.15) is 11.6 Å². The largest absolute Gasteiger partial charge is 0.573 e. The molecule has 2 aliphatic rings. The number of fused-ring (bicyclic) bond motifs is 1. The highest BCUT2D eigenvalue weighted by atomic mass is 19.4. The smallest absolute Gasteiger partial charge is 0.406 e. The fraction of sp³-hybridized carbons (Fsp3) is 0.318. The number of hydrogen-bond acceptors (Lipinski definition) is 6. The van der Waals surface area contributed by atoms with Crippen LogP contribution < -0.4 is 9.64 Å². The minimum absolute atomic E-state index is 0.200. The van der Waals surface area contributed by atoms with Crippen molar-refractivity contribution in [2.45, 2.75) is 18.4 Å². The minimum atomic E-state index is -4.80. The molecule has 0 spiro atoms. The molecule has 0 unspecified atom stereocenters. The number of amides is 1. The van der Waals surface area contributed by atoms with Crippen LogP contribution in [0.1, 0.15) is 11.6 Å². The van der Waals surface area contributed by atoms with Gasteiger partial charge in [-0.25, -0.2) is 14.1 Å². The number of carbonyl (C=O) groups is 1. The number of nitrogens with zero attached hydrogens (tertiary/aromatic N) is 5. The van der Waals surface area contributed by atoms with Crippen LogP contribution in [0.4, 0.5) is 23.4 Å². The summed E-state index contributed by atoms with van der Waals surface area (Å²) in [5, 5.41) is 15.2. The van der Waals surface area contributed by atoms with Gasteiger partial charge < -0.3 is 19.6 Å². The van der Waals surface area contributed by atoms with Crippen LogP contribution in [0, 0.1) is 0 Å². The fourth-order valence-corrected chi connectivity index (χ4v) is 4.20. The second kappa shape index (κ2) is 7.97. The van der Waals surface area contributed by atoms with Crippen molar-refractivity contribution in [3.05, 3.63) is 54.6 Å². The number of pyridine rings is 1. The molecule has 3 aromatic rings. The summed E-state index contributed by atoms with van der Waals surface area (Å²) in [5.41, 5.74) is 1.78. The van der Waals surface area contributed by atoms with Crippen LogP contribution in [-0.2, 0) is 4.79 Å². The summed E-state index contributed by atoms with van der Waals surface area (Å²) in [7, 11) is 0. The van der Waals surface area contributed by atoms with E-state index in [4.69, 9.17) is 5.10 Å². The molecule has 1 N–H and O–H groups in total. The van der Waals surface area contributed by atoms with Crippen LogP contribution >= 0.6 is 0 Å². The van der Waals surface area contributed by atoms with Crippen molar-refractivity contribution in [1.82, 2.24) is 19.7 Å². The molecule has 2 aromatic heterocycles. The Hall–Kier alpha value is -3.67. The Bertz CT molecular complexity index is 1260. The number of benzene rings is 1. The molecular weight excluding hydrogens is 458 g/mol. The second-order valence-corrected chi connectivity index (χ2v) is 8.24. The molecule has 0 radical (unpaired) electrons. The van der Waals surface area contributed by atoms with Gasteiger partial charge in [0.2, 0.25) is 0 Å². The number of likely N-dealkylation sites (tertiary alicyclic amines) is 1. The summed E-state index contributed by atoms with van der Waals surface area (Å²) >= 11 is 0. The van der Waals surface area contributed by atoms with Gasteiger partial charge in [-0.1, -0.05) is 6.58 Å². The third-order valence-corrected chi connectivity index (χ3v) is 5.87. The van der Waals surface area contributed by atoms with Gasteiger partial charge in [0.05, 0.1) is 28.4 Å². The molecule has 0 atom stereocenters. The molecule has 0 saturated carbocycles. The van der Waals surface area contributed by atoms with Crippen molar-refractivity contribution in [2.24, 2.45) is 0 Å². The molecule has 12 heteroatoms. The number of halogens is 4. The van der Waals surface area contributed by atoms with Crippen molar-refractivity contribution >= 4 is 22.6 Å². The van der Waals surface area contributed by atoms with E-state index in [1.807, 2.05) is 4.90 Å². The Morgan fingerprint density at radius 3 is 2.38 bits per heavy atom. The topological polar surface area (TPSA) is 83.7 Å². The maximum Gasteiger partial charge on any atom is 0.573 e. The van der Waals surface area contributed by atoms with E-state index in [1.54, 1.807) is 16.9 Å². The van der Waals surface area contributed by atoms with E-state index in [2.05, 4.69) is 16.3 Å². The molecule has 8 nitrogen and oxygen atoms in total. The Kier molecular flexibility index (Phi) is 5.19. The van der Waals surface area contributed by atoms with Crippen LogP contribution in [0.3, 0.4) is 0 Å². The van der Waals surface area contributed by atoms with Crippen LogP contribution in [0.15, 0.2) is 48.9 Å². The van der Waals surface area contributed by atoms with Gasteiger partial charge in [0.15, 0.2) is 5.83 Å². The molecule has 178 valence electrons. The lowest BCUT2D eigenvalue weighted by atomic mass is 9.93. The highest BCUT2D eigenvalue weighted by Gasteiger charge is 2.38. The average Bonchev–Trinajstić information content (AvgIpc) is 3.09. The van der Waals surface area contributed by atoms with E-state index in [0.717, 1.165) is 0 Å². The SMILES string of the molecule is C=C(F)C(=O)N1CC(c2nn(-c3ccc(OC(F)(F)F)cc3)c3ccnc(N4CC(O)C4)c23)C1. The highest BCUT2D eigenvalue weighted by molar-refractivity contribution is 5.95. The van der Waals surface area contributed by atoms with E-state index in [-0.39, 0.29) is 24.8 Å². The summed E-state index contributed by atoms with van der Waals surface area (Å²) in [5.74, 6) is -1.75. The fourth-order valence-electron chi connectivity index (χ4n) is 4.20. The normalized spacial score (nSPS) is 17.0. The zero-order valence-electron chi connectivity index (χ0n) is 17.7. The number of aliphatic hydroxyl groups is 1. The quantitative estimate of drug-likeness (QED) is 0.450. The molecule has 0 bridgehead atoms. The van der Waals surface area contributed by atoms with Gasteiger partial charge in [-0.05, 0) is 30.3 Å². The molecule has 0 aliphatic carbocycles. The minimum Gasteiger partial charge on any atom is -0.406 e. The van der Waals surface area contributed by atoms with Crippen molar-refractivity contribution in [1.29, 1.82) is 0 Å². The summed E-state index contributed by atoms with van der Waals surface area (Å²) < 4.78 is 56.3. The molecule has 2 aliphatic heterocycles. The van der Waals surface area contributed by atoms with E-state index < -0.39 is 24.2 Å². The van der Waals surface area contributed by atoms with Gasteiger partial charge >= 0.3 is 6.36 Å². The molecule has 34 heavy (non-hydrogen) atoms. The second-order valence-electron chi connectivity index (χ2n) is 8.24. The molecule has 2 fully saturated rings. The van der Waals surface area contributed by atoms with Gasteiger partial charge in [-0.3, -0.25) is 4.79 Å². The van der Waals surface area contributed by atoms with Crippen molar-refractivity contribution in [2.75, 3.05) is 31.1 Å². The van der Waals surface area contributed by atoms with Crippen molar-refractivity contribution in [3.8, 4) is 11.4 Å². The van der Waals surface area contributed by atoms with Gasteiger partial charge in [0, 0.05) is 38.3 Å². The summed E-state index contributed by atoms with van der Waals surface area (Å²) in [6.45, 7) is 4.32. The van der Waals surface area contributed by atoms with Gasteiger partial charge in [0.25, 0.3) is 5.91 Å². The van der Waals surface area contributed by atoms with E-state index in [0.29, 0.717) is 41.2 Å². The molecular formula is C22H19F4N5O3. The average molecular weight is 477 g/mol. The first-order valence-electron chi connectivity index (χ1n) is 10.4. The predicted molar refractivity (Wildman–Crippen MR) is 113 cm³/mol. The first-order chi connectivity index (χ1) is 16.1. The third-order valence-electron chi connectivity index (χ3n) is 5.87. The maximum atomic E-state index is 13.2. The van der Waals surface area contributed by atoms with Gasteiger partial charge in [-0.15, -0.1) is 13.2 Å². The number of aromatic nitrogens is 3. The Balaban J connectivity index is 1.54. The highest BCUT2D eigenvalue weighted by Crippen LogP contribution is 2.38. The van der Waals surface area contributed by atoms with Crippen molar-refractivity contribution in [3.63, 3.8) is 0 Å². The standard InChI is InChI=1S/C22H19F4N5O3/c1-12(23)21(33)30-8-13(9-30)19-18-17(6-7-27-20(18)29-10-15(32)11-29)31(28-19)14-2-4-16(5-3-14)34-22(24,25)26/h2-7,13,15,32H,1,8-11H2. The first-order valence-corrected chi connectivity index (χ1v) is 10.4. The van der Waals surface area contributed by atoms with Crippen LogP contribution in [0.5, 0.6) is 5.75 Å². The Morgan fingerprint density at radius 2 is 1.79 bits per heavy atom. The Morgan fingerprint density at radius 1 is 1.12 bits per heavy atom. The van der Waals surface area contributed by atoms with Gasteiger partial charge in [-0.2, -0.15) is 5.10 Å². The summed E-state index contributed by atoms with van der Waals surface area (Å²) in [6.07, 6.45) is -3.67. The first kappa shape index (κ1) is 22.1. The number of hydrogen-bond donors (Lipinski definition) is 1. The maximum absolute atomic E-state index is 13.2. The number of anilines is 1. The number of β-amino-alcohol motifs (C(OH)–C–C–N with tert-alkyl or cyclic N) is 1. The van der Waals surface area contributed by atoms with Crippen LogP contribution in [-0.4, -0.2) is 69.3 Å². The van der Waals surface area contributed by atoms with E-state index >= 15 is 0 Å². The lowest BCUT2D eigenvalue weighted by molar-refractivity contribution is -0.274. The van der Waals surface area contributed by atoms with Crippen LogP contribution in [0.2, 0.25) is 0 Å². The molecule has 1 aromatic carbocycles. The number of alkyl halides is 3. The lowest BCUT2D eigenvalue weighted by Gasteiger charge is -2.39. The number of aliphatic hydroxyl groups excluding tert-OH is 1. The Labute approximate surface area is 190 Å². The predicted octanol–water partition coefficient (Wildman–Crippen LogP) is 2.91. The zero-order chi connectivity index (χ0) is 24.2. The third kappa shape index (κ3) is 3.94. The van der Waals surface area contributed by atoms with E-state index in [1.165, 1.54) is 29.2 Å². The zero-order valence-corrected chi connectivity index (χ0v) is 17.7. The molecule has 4 heterocycles. The number of ether oxygens (including phenoxy) is 1.